The van der Waals surface area contributed by atoms with Crippen molar-refractivity contribution >= 4 is 33.2 Å². The molecule has 6 nitrogen and oxygen atoms in total. The monoisotopic (exact) mass is 450 g/mol. The molecule has 1 aliphatic rings. The number of hydrogen-bond acceptors (Lipinski definition) is 4. The molecule has 0 radical (unpaired) electrons. The van der Waals surface area contributed by atoms with Gasteiger partial charge in [0.15, 0.2) is 0 Å². The number of amides is 1. The highest BCUT2D eigenvalue weighted by molar-refractivity contribution is 7.89. The van der Waals surface area contributed by atoms with Gasteiger partial charge in [0.25, 0.3) is 0 Å². The number of benzene rings is 2. The molecule has 0 saturated carbocycles. The van der Waals surface area contributed by atoms with Crippen LogP contribution >= 0.6 is 11.6 Å². The van der Waals surface area contributed by atoms with E-state index >= 15 is 0 Å². The van der Waals surface area contributed by atoms with E-state index in [9.17, 15) is 13.2 Å². The number of piperidine rings is 1. The molecule has 2 aromatic carbocycles. The predicted molar refractivity (Wildman–Crippen MR) is 119 cm³/mol. The Labute approximate surface area is 183 Å². The standard InChI is InChI=1S/C22H27ClN2O4S/c1-16-14-20(21(29-2)15-19(16)23)24-22(26)11-8-17-6-9-18(10-7-17)30(27,28)25-12-4-3-5-13-25/h6-7,9-10,14-15H,3-5,8,11-13H2,1-2H3,(H,24,26). The zero-order chi connectivity index (χ0) is 21.7. The average molecular weight is 451 g/mol. The van der Waals surface area contributed by atoms with Gasteiger partial charge in [-0.25, -0.2) is 8.42 Å². The number of anilines is 1. The second kappa shape index (κ2) is 9.81. The number of halogens is 1. The van der Waals surface area contributed by atoms with E-state index in [1.54, 1.807) is 40.7 Å². The third-order valence-corrected chi connectivity index (χ3v) is 7.59. The number of nitrogens with one attached hydrogen (secondary N) is 1. The summed E-state index contributed by atoms with van der Waals surface area (Å²) in [5, 5.41) is 3.43. The van der Waals surface area contributed by atoms with Gasteiger partial charge >= 0.3 is 0 Å². The first-order valence-electron chi connectivity index (χ1n) is 10.0. The Morgan fingerprint density at radius 1 is 1.13 bits per heavy atom. The summed E-state index contributed by atoms with van der Waals surface area (Å²) in [4.78, 5) is 12.7. The van der Waals surface area contributed by atoms with Gasteiger partial charge in [0.1, 0.15) is 5.75 Å². The number of hydrogen-bond donors (Lipinski definition) is 1. The van der Waals surface area contributed by atoms with Crippen molar-refractivity contribution in [3.05, 3.63) is 52.5 Å². The van der Waals surface area contributed by atoms with Crippen LogP contribution in [0.25, 0.3) is 0 Å². The second-order valence-corrected chi connectivity index (χ2v) is 9.80. The lowest BCUT2D eigenvalue weighted by molar-refractivity contribution is -0.116. The lowest BCUT2D eigenvalue weighted by Crippen LogP contribution is -2.35. The summed E-state index contributed by atoms with van der Waals surface area (Å²) in [5.41, 5.74) is 2.33. The van der Waals surface area contributed by atoms with Crippen molar-refractivity contribution in [2.45, 2.75) is 43.9 Å². The molecule has 2 aromatic rings. The Morgan fingerprint density at radius 3 is 2.43 bits per heavy atom. The second-order valence-electron chi connectivity index (χ2n) is 7.46. The van der Waals surface area contributed by atoms with Crippen LogP contribution in [-0.4, -0.2) is 38.8 Å². The van der Waals surface area contributed by atoms with Crippen molar-refractivity contribution in [1.29, 1.82) is 0 Å². The molecule has 3 rings (SSSR count). The van der Waals surface area contributed by atoms with Crippen molar-refractivity contribution in [1.82, 2.24) is 4.31 Å². The highest BCUT2D eigenvalue weighted by Gasteiger charge is 2.25. The molecular weight excluding hydrogens is 424 g/mol. The van der Waals surface area contributed by atoms with Crippen LogP contribution in [0.2, 0.25) is 5.02 Å². The molecule has 8 heteroatoms. The van der Waals surface area contributed by atoms with Crippen molar-refractivity contribution in [2.75, 3.05) is 25.5 Å². The lowest BCUT2D eigenvalue weighted by atomic mass is 10.1. The van der Waals surface area contributed by atoms with Crippen LogP contribution in [0, 0.1) is 6.92 Å². The van der Waals surface area contributed by atoms with Gasteiger partial charge in [0, 0.05) is 30.6 Å². The molecule has 1 heterocycles. The molecule has 0 bridgehead atoms. The fraction of sp³-hybridized carbons (Fsp3) is 0.409. The van der Waals surface area contributed by atoms with Crippen LogP contribution in [0.3, 0.4) is 0 Å². The van der Waals surface area contributed by atoms with Gasteiger partial charge in [-0.2, -0.15) is 4.31 Å². The Bertz CT molecular complexity index is 1000. The molecule has 0 aromatic heterocycles. The van der Waals surface area contributed by atoms with Gasteiger partial charge in [-0.05, 0) is 55.5 Å². The number of carbonyl (C=O) groups is 1. The summed E-state index contributed by atoms with van der Waals surface area (Å²) in [7, 11) is -1.91. The topological polar surface area (TPSA) is 75.7 Å². The van der Waals surface area contributed by atoms with Crippen LogP contribution in [0.1, 0.15) is 36.8 Å². The molecule has 0 unspecified atom stereocenters. The van der Waals surface area contributed by atoms with Crippen LogP contribution in [0.15, 0.2) is 41.3 Å². The largest absolute Gasteiger partial charge is 0.495 e. The van der Waals surface area contributed by atoms with Crippen LogP contribution in [-0.2, 0) is 21.2 Å². The quantitative estimate of drug-likeness (QED) is 0.678. The molecule has 0 atom stereocenters. The smallest absolute Gasteiger partial charge is 0.243 e. The van der Waals surface area contributed by atoms with Crippen LogP contribution in [0.5, 0.6) is 5.75 Å². The van der Waals surface area contributed by atoms with E-state index in [2.05, 4.69) is 5.32 Å². The molecule has 1 amide bonds. The molecule has 0 spiro atoms. The molecule has 0 aliphatic carbocycles. The maximum atomic E-state index is 12.7. The average Bonchev–Trinajstić information content (AvgIpc) is 2.75. The van der Waals surface area contributed by atoms with E-state index in [4.69, 9.17) is 16.3 Å². The van der Waals surface area contributed by atoms with E-state index in [0.717, 1.165) is 30.4 Å². The van der Waals surface area contributed by atoms with E-state index < -0.39 is 10.0 Å². The molecule has 1 aliphatic heterocycles. The van der Waals surface area contributed by atoms with Gasteiger partial charge < -0.3 is 10.1 Å². The number of aryl methyl sites for hydroxylation is 2. The van der Waals surface area contributed by atoms with E-state index in [-0.39, 0.29) is 12.3 Å². The van der Waals surface area contributed by atoms with E-state index in [1.165, 1.54) is 7.11 Å². The minimum atomic E-state index is -3.44. The zero-order valence-electron chi connectivity index (χ0n) is 17.3. The normalized spacial score (nSPS) is 15.0. The Kier molecular flexibility index (Phi) is 7.39. The van der Waals surface area contributed by atoms with Crippen LogP contribution < -0.4 is 10.1 Å². The number of sulfonamides is 1. The molecule has 1 fully saturated rings. The SMILES string of the molecule is COc1cc(Cl)c(C)cc1NC(=O)CCc1ccc(S(=O)(=O)N2CCCCC2)cc1. The first kappa shape index (κ1) is 22.6. The Balaban J connectivity index is 1.60. The van der Waals surface area contributed by atoms with Gasteiger partial charge in [-0.15, -0.1) is 0 Å². The fourth-order valence-corrected chi connectivity index (χ4v) is 5.15. The van der Waals surface area contributed by atoms with Gasteiger partial charge in [-0.1, -0.05) is 30.2 Å². The third-order valence-electron chi connectivity index (χ3n) is 5.27. The van der Waals surface area contributed by atoms with Crippen molar-refractivity contribution in [3.8, 4) is 5.75 Å². The number of ether oxygens (including phenoxy) is 1. The zero-order valence-corrected chi connectivity index (χ0v) is 18.9. The van der Waals surface area contributed by atoms with E-state index in [1.807, 2.05) is 6.92 Å². The minimum Gasteiger partial charge on any atom is -0.495 e. The summed E-state index contributed by atoms with van der Waals surface area (Å²) in [6.45, 7) is 3.02. The van der Waals surface area contributed by atoms with Crippen LogP contribution in [0.4, 0.5) is 5.69 Å². The van der Waals surface area contributed by atoms with Crippen molar-refractivity contribution in [2.24, 2.45) is 0 Å². The number of methoxy groups -OCH3 is 1. The minimum absolute atomic E-state index is 0.153. The number of carbonyl (C=O) groups excluding carboxylic acids is 1. The first-order valence-corrected chi connectivity index (χ1v) is 11.9. The maximum Gasteiger partial charge on any atom is 0.243 e. The van der Waals surface area contributed by atoms with Gasteiger partial charge in [0.2, 0.25) is 15.9 Å². The predicted octanol–water partition coefficient (Wildman–Crippen LogP) is 4.40. The molecule has 1 saturated heterocycles. The molecule has 162 valence electrons. The van der Waals surface area contributed by atoms with E-state index in [0.29, 0.717) is 40.9 Å². The first-order chi connectivity index (χ1) is 14.3. The number of rotatable bonds is 7. The molecule has 1 N–H and O–H groups in total. The summed E-state index contributed by atoms with van der Waals surface area (Å²) in [6, 6.07) is 10.3. The maximum absolute atomic E-state index is 12.7. The Morgan fingerprint density at radius 2 is 1.80 bits per heavy atom. The summed E-state index contributed by atoms with van der Waals surface area (Å²) >= 11 is 6.10. The lowest BCUT2D eigenvalue weighted by Gasteiger charge is -2.25. The Hall–Kier alpha value is -2.09. The van der Waals surface area contributed by atoms with Crippen molar-refractivity contribution < 1.29 is 17.9 Å². The molecular formula is C22H27ClN2O4S. The summed E-state index contributed by atoms with van der Waals surface area (Å²) < 4.78 is 32.3. The fourth-order valence-electron chi connectivity index (χ4n) is 3.48. The number of nitrogens with zero attached hydrogens (tertiary/aromatic N) is 1. The summed E-state index contributed by atoms with van der Waals surface area (Å²) in [6.07, 6.45) is 3.66. The third kappa shape index (κ3) is 5.33. The molecule has 30 heavy (non-hydrogen) atoms. The van der Waals surface area contributed by atoms with Crippen molar-refractivity contribution in [3.63, 3.8) is 0 Å². The highest BCUT2D eigenvalue weighted by atomic mass is 35.5. The highest BCUT2D eigenvalue weighted by Crippen LogP contribution is 2.31. The van der Waals surface area contributed by atoms with Gasteiger partial charge in [0.05, 0.1) is 17.7 Å². The summed E-state index contributed by atoms with van der Waals surface area (Å²) in [5.74, 6) is 0.353. The van der Waals surface area contributed by atoms with Gasteiger partial charge in [-0.3, -0.25) is 4.79 Å².